The second kappa shape index (κ2) is 6.46. The summed E-state index contributed by atoms with van der Waals surface area (Å²) < 4.78 is 5.99. The van der Waals surface area contributed by atoms with Gasteiger partial charge in [-0.1, -0.05) is 90.2 Å². The molecule has 0 saturated carbocycles. The van der Waals surface area contributed by atoms with Crippen molar-refractivity contribution in [3.8, 4) is 5.75 Å². The van der Waals surface area contributed by atoms with Crippen molar-refractivity contribution >= 4 is 13.3 Å². The molecular weight excluding hydrogens is 320 g/mol. The Balaban J connectivity index is 2.60. The Labute approximate surface area is 156 Å². The minimum absolute atomic E-state index is 0.00470. The zero-order chi connectivity index (χ0) is 19.2. The number of rotatable bonds is 4. The Bertz CT molecular complexity index is 709. The van der Waals surface area contributed by atoms with Gasteiger partial charge in [0.15, 0.2) is 0 Å². The van der Waals surface area contributed by atoms with E-state index in [1.807, 2.05) is 7.11 Å². The molecule has 0 spiro atoms. The van der Waals surface area contributed by atoms with E-state index in [4.69, 9.17) is 4.74 Å². The molecule has 1 unspecified atom stereocenters. The van der Waals surface area contributed by atoms with Crippen LogP contribution in [0.1, 0.15) is 45.7 Å². The van der Waals surface area contributed by atoms with Gasteiger partial charge in [0.05, 0.1) is 15.2 Å². The summed E-state index contributed by atoms with van der Waals surface area (Å²) in [6.45, 7) is 21.0. The SMILES string of the molecule is COc1c(C(C)(C)C2C=CC(C(C)(C)C)=C2)cc(C)cc1[Si](C)(C)C. The van der Waals surface area contributed by atoms with Crippen LogP contribution in [0.2, 0.25) is 19.6 Å². The highest BCUT2D eigenvalue weighted by Gasteiger charge is 2.36. The molecule has 1 aliphatic carbocycles. The van der Waals surface area contributed by atoms with Gasteiger partial charge in [-0.25, -0.2) is 0 Å². The predicted octanol–water partition coefficient (Wildman–Crippen LogP) is 5.98. The van der Waals surface area contributed by atoms with Gasteiger partial charge in [0.1, 0.15) is 5.75 Å². The zero-order valence-corrected chi connectivity index (χ0v) is 18.9. The van der Waals surface area contributed by atoms with Gasteiger partial charge in [-0.2, -0.15) is 0 Å². The predicted molar refractivity (Wildman–Crippen MR) is 114 cm³/mol. The Morgan fingerprint density at radius 3 is 2.04 bits per heavy atom. The summed E-state index contributed by atoms with van der Waals surface area (Å²) in [5, 5.41) is 1.43. The molecule has 0 saturated heterocycles. The molecule has 0 aromatic heterocycles. The highest BCUT2D eigenvalue weighted by molar-refractivity contribution is 6.89. The maximum absolute atomic E-state index is 5.99. The minimum Gasteiger partial charge on any atom is -0.497 e. The number of benzene rings is 1. The molecule has 1 aliphatic rings. The van der Waals surface area contributed by atoms with E-state index in [0.717, 1.165) is 5.75 Å². The van der Waals surface area contributed by atoms with Gasteiger partial charge in [0.2, 0.25) is 0 Å². The van der Waals surface area contributed by atoms with Crippen LogP contribution in [0.25, 0.3) is 0 Å². The molecule has 1 nitrogen and oxygen atoms in total. The molecule has 1 aromatic carbocycles. The third kappa shape index (κ3) is 3.94. The fraction of sp³-hybridized carbons (Fsp3) is 0.565. The second-order valence-corrected chi connectivity index (χ2v) is 15.2. The average molecular weight is 357 g/mol. The van der Waals surface area contributed by atoms with Crippen molar-refractivity contribution in [2.24, 2.45) is 11.3 Å². The Morgan fingerprint density at radius 1 is 1.00 bits per heavy atom. The second-order valence-electron chi connectivity index (χ2n) is 10.1. The monoisotopic (exact) mass is 356 g/mol. The van der Waals surface area contributed by atoms with Crippen molar-refractivity contribution in [1.29, 1.82) is 0 Å². The van der Waals surface area contributed by atoms with Gasteiger partial charge < -0.3 is 4.74 Å². The molecule has 138 valence electrons. The highest BCUT2D eigenvalue weighted by atomic mass is 28.3. The molecule has 0 radical (unpaired) electrons. The molecule has 0 fully saturated rings. The van der Waals surface area contributed by atoms with E-state index in [1.165, 1.54) is 21.9 Å². The maximum atomic E-state index is 5.99. The van der Waals surface area contributed by atoms with Crippen LogP contribution >= 0.6 is 0 Å². The molecule has 2 rings (SSSR count). The van der Waals surface area contributed by atoms with Gasteiger partial charge in [-0.05, 0) is 23.1 Å². The molecule has 2 heteroatoms. The number of aryl methyl sites for hydroxylation is 1. The Hall–Kier alpha value is -1.28. The van der Waals surface area contributed by atoms with Crippen LogP contribution in [-0.2, 0) is 5.41 Å². The quantitative estimate of drug-likeness (QED) is 0.603. The average Bonchev–Trinajstić information content (AvgIpc) is 2.96. The number of ether oxygens (including phenoxy) is 1. The van der Waals surface area contributed by atoms with E-state index in [2.05, 4.69) is 91.5 Å². The summed E-state index contributed by atoms with van der Waals surface area (Å²) in [7, 11) is 0.346. The summed E-state index contributed by atoms with van der Waals surface area (Å²) >= 11 is 0. The summed E-state index contributed by atoms with van der Waals surface area (Å²) in [5.74, 6) is 1.51. The topological polar surface area (TPSA) is 9.23 Å². The number of hydrogen-bond donors (Lipinski definition) is 0. The molecule has 0 amide bonds. The first kappa shape index (κ1) is 20.0. The van der Waals surface area contributed by atoms with Gasteiger partial charge in [0.25, 0.3) is 0 Å². The fourth-order valence-corrected chi connectivity index (χ4v) is 5.25. The van der Waals surface area contributed by atoms with Gasteiger partial charge in [-0.15, -0.1) is 0 Å². The van der Waals surface area contributed by atoms with E-state index in [1.54, 1.807) is 0 Å². The molecule has 1 aromatic rings. The van der Waals surface area contributed by atoms with E-state index < -0.39 is 8.07 Å². The lowest BCUT2D eigenvalue weighted by molar-refractivity contribution is 0.378. The maximum Gasteiger partial charge on any atom is 0.121 e. The fourth-order valence-electron chi connectivity index (χ4n) is 3.67. The first-order valence-corrected chi connectivity index (χ1v) is 12.9. The van der Waals surface area contributed by atoms with Crippen molar-refractivity contribution in [2.75, 3.05) is 7.11 Å². The third-order valence-corrected chi connectivity index (χ3v) is 7.47. The van der Waals surface area contributed by atoms with E-state index in [9.17, 15) is 0 Å². The number of allylic oxidation sites excluding steroid dienone is 4. The summed E-state index contributed by atoms with van der Waals surface area (Å²) in [4.78, 5) is 0. The molecule has 25 heavy (non-hydrogen) atoms. The van der Waals surface area contributed by atoms with Crippen LogP contribution < -0.4 is 9.92 Å². The van der Waals surface area contributed by atoms with Gasteiger partial charge >= 0.3 is 0 Å². The smallest absolute Gasteiger partial charge is 0.121 e. The number of hydrogen-bond acceptors (Lipinski definition) is 1. The van der Waals surface area contributed by atoms with Crippen molar-refractivity contribution in [3.05, 3.63) is 47.1 Å². The largest absolute Gasteiger partial charge is 0.497 e. The number of methoxy groups -OCH3 is 1. The third-order valence-electron chi connectivity index (χ3n) is 5.48. The highest BCUT2D eigenvalue weighted by Crippen LogP contribution is 2.44. The van der Waals surface area contributed by atoms with Crippen LogP contribution in [0.15, 0.2) is 35.9 Å². The van der Waals surface area contributed by atoms with E-state index >= 15 is 0 Å². The lowest BCUT2D eigenvalue weighted by Gasteiger charge is -2.34. The molecule has 0 aliphatic heterocycles. The summed E-state index contributed by atoms with van der Waals surface area (Å²) in [6, 6.07) is 4.67. The molecule has 1 atom stereocenters. The van der Waals surface area contributed by atoms with Crippen LogP contribution in [0.5, 0.6) is 5.75 Å². The summed E-state index contributed by atoms with van der Waals surface area (Å²) in [6.07, 6.45) is 7.14. The van der Waals surface area contributed by atoms with Gasteiger partial charge in [0, 0.05) is 16.9 Å². The van der Waals surface area contributed by atoms with Crippen molar-refractivity contribution < 1.29 is 4.74 Å². The zero-order valence-electron chi connectivity index (χ0n) is 17.9. The van der Waals surface area contributed by atoms with Crippen LogP contribution in [0.4, 0.5) is 0 Å². The van der Waals surface area contributed by atoms with Crippen LogP contribution in [0, 0.1) is 18.3 Å². The Kier molecular flexibility index (Phi) is 5.18. The van der Waals surface area contributed by atoms with Crippen molar-refractivity contribution in [2.45, 2.75) is 66.6 Å². The minimum atomic E-state index is -1.48. The lowest BCUT2D eigenvalue weighted by atomic mass is 9.72. The molecule has 0 N–H and O–H groups in total. The normalized spacial score (nSPS) is 18.5. The first-order chi connectivity index (χ1) is 11.3. The first-order valence-electron chi connectivity index (χ1n) is 9.38. The van der Waals surface area contributed by atoms with Crippen LogP contribution in [0.3, 0.4) is 0 Å². The molecular formula is C23H36OSi. The van der Waals surface area contributed by atoms with E-state index in [-0.39, 0.29) is 10.8 Å². The van der Waals surface area contributed by atoms with E-state index in [0.29, 0.717) is 5.92 Å². The van der Waals surface area contributed by atoms with Gasteiger partial charge in [-0.3, -0.25) is 0 Å². The Morgan fingerprint density at radius 2 is 1.60 bits per heavy atom. The molecule has 0 heterocycles. The standard InChI is InChI=1S/C23H36OSi/c1-16-13-19(21(24-7)20(14-16)25(8,9)10)23(5,6)18-12-11-17(15-18)22(2,3)4/h11-15,18H,1-10H3. The summed E-state index contributed by atoms with van der Waals surface area (Å²) in [5.41, 5.74) is 4.30. The van der Waals surface area contributed by atoms with Crippen LogP contribution in [-0.4, -0.2) is 15.2 Å². The lowest BCUT2D eigenvalue weighted by Crippen LogP contribution is -2.40. The van der Waals surface area contributed by atoms with Crippen molar-refractivity contribution in [1.82, 2.24) is 0 Å². The van der Waals surface area contributed by atoms with Crippen molar-refractivity contribution in [3.63, 3.8) is 0 Å². The molecule has 0 bridgehead atoms.